The highest BCUT2D eigenvalue weighted by molar-refractivity contribution is 5.78. The Bertz CT molecular complexity index is 285. The third-order valence-corrected chi connectivity index (χ3v) is 1.76. The molecule has 0 rings (SSSR count). The fourth-order valence-electron chi connectivity index (χ4n) is 0.894. The van der Waals surface area contributed by atoms with Crippen molar-refractivity contribution in [2.45, 2.75) is 19.8 Å². The fourth-order valence-corrected chi connectivity index (χ4v) is 0.894. The van der Waals surface area contributed by atoms with Gasteiger partial charge in [-0.2, -0.15) is 0 Å². The Balaban J connectivity index is 0. The minimum absolute atomic E-state index is 0.246. The number of carboxylic acid groups (broad SMARTS) is 3. The lowest BCUT2D eigenvalue weighted by molar-refractivity contribution is -0.148. The summed E-state index contributed by atoms with van der Waals surface area (Å²) in [5, 5.41) is 24.6. The van der Waals surface area contributed by atoms with E-state index >= 15 is 0 Å². The van der Waals surface area contributed by atoms with Crippen LogP contribution in [0.15, 0.2) is 12.7 Å². The molecule has 0 aromatic heterocycles. The highest BCUT2D eigenvalue weighted by Crippen LogP contribution is 2.08. The second-order valence-electron chi connectivity index (χ2n) is 3.16. The molecule has 0 aliphatic heterocycles. The smallest absolute Gasteiger partial charge is 0.327 e. The summed E-state index contributed by atoms with van der Waals surface area (Å²) in [7, 11) is 0. The quantitative estimate of drug-likeness (QED) is 0.437. The van der Waals surface area contributed by atoms with E-state index in [0.717, 1.165) is 6.08 Å². The zero-order chi connectivity index (χ0) is 14.6. The number of carbonyl (C=O) groups is 3. The maximum absolute atomic E-state index is 10.5. The lowest BCUT2D eigenvalue weighted by Crippen LogP contribution is -2.19. The molecule has 0 heterocycles. The van der Waals surface area contributed by atoms with Gasteiger partial charge in [0.1, 0.15) is 0 Å². The molecule has 3 N–H and O–H groups in total. The largest absolute Gasteiger partial charge is 0.481 e. The summed E-state index contributed by atoms with van der Waals surface area (Å²) >= 11 is 0. The predicted octanol–water partition coefficient (Wildman–Crippen LogP) is 0.845. The van der Waals surface area contributed by atoms with Crippen LogP contribution in [0, 0.1) is 5.92 Å². The molecule has 0 saturated carbocycles. The zero-order valence-corrected chi connectivity index (χ0v) is 10.2. The van der Waals surface area contributed by atoms with Gasteiger partial charge in [0.05, 0.1) is 12.3 Å². The van der Waals surface area contributed by atoms with Gasteiger partial charge in [0.15, 0.2) is 0 Å². The number of hydrogen-bond acceptors (Lipinski definition) is 4. The minimum Gasteiger partial charge on any atom is -0.481 e. The van der Waals surface area contributed by atoms with Gasteiger partial charge in [-0.05, 0) is 13.3 Å². The molecular formula is C11H18O7. The average Bonchev–Trinajstić information content (AvgIpc) is 2.28. The molecule has 0 bridgehead atoms. The maximum Gasteiger partial charge on any atom is 0.327 e. The monoisotopic (exact) mass is 262 g/mol. The van der Waals surface area contributed by atoms with E-state index in [9.17, 15) is 14.4 Å². The van der Waals surface area contributed by atoms with Crippen LogP contribution in [-0.4, -0.2) is 46.4 Å². The van der Waals surface area contributed by atoms with Crippen molar-refractivity contribution < 1.29 is 34.4 Å². The van der Waals surface area contributed by atoms with E-state index in [4.69, 9.17) is 20.1 Å². The van der Waals surface area contributed by atoms with Gasteiger partial charge in [-0.15, -0.1) is 0 Å². The van der Waals surface area contributed by atoms with Crippen molar-refractivity contribution >= 4 is 17.9 Å². The molecule has 0 aromatic rings. The van der Waals surface area contributed by atoms with Crippen LogP contribution in [0.4, 0.5) is 0 Å². The van der Waals surface area contributed by atoms with Crippen molar-refractivity contribution in [3.05, 3.63) is 12.7 Å². The van der Waals surface area contributed by atoms with E-state index in [0.29, 0.717) is 13.2 Å². The summed E-state index contributed by atoms with van der Waals surface area (Å²) in [6.07, 6.45) is 0.734. The van der Waals surface area contributed by atoms with Gasteiger partial charge in [-0.1, -0.05) is 6.58 Å². The molecule has 0 aromatic carbocycles. The molecule has 0 aliphatic rings. The molecule has 104 valence electrons. The number of ether oxygens (including phenoxy) is 1. The lowest BCUT2D eigenvalue weighted by atomic mass is 10.0. The molecule has 0 fully saturated rings. The van der Waals surface area contributed by atoms with Crippen molar-refractivity contribution in [1.82, 2.24) is 0 Å². The zero-order valence-electron chi connectivity index (χ0n) is 10.2. The second-order valence-corrected chi connectivity index (χ2v) is 3.16. The van der Waals surface area contributed by atoms with E-state index in [1.54, 1.807) is 6.92 Å². The number of hydrogen-bond donors (Lipinski definition) is 3. The van der Waals surface area contributed by atoms with Crippen LogP contribution in [0.3, 0.4) is 0 Å². The molecular weight excluding hydrogens is 244 g/mol. The van der Waals surface area contributed by atoms with E-state index in [1.807, 2.05) is 0 Å². The molecule has 7 nitrogen and oxygen atoms in total. The number of aliphatic carboxylic acids is 3. The number of carboxylic acids is 3. The van der Waals surface area contributed by atoms with Gasteiger partial charge < -0.3 is 20.1 Å². The van der Waals surface area contributed by atoms with Crippen LogP contribution in [0.1, 0.15) is 19.8 Å². The topological polar surface area (TPSA) is 121 Å². The summed E-state index contributed by atoms with van der Waals surface area (Å²) in [5.41, 5.74) is 0. The third-order valence-electron chi connectivity index (χ3n) is 1.76. The lowest BCUT2D eigenvalue weighted by Gasteiger charge is -2.08. The SMILES string of the molecule is C=CC(=O)O.CCOCCC(CC(=O)O)C(=O)O. The van der Waals surface area contributed by atoms with Crippen LogP contribution in [0.2, 0.25) is 0 Å². The summed E-state index contributed by atoms with van der Waals surface area (Å²) < 4.78 is 4.94. The molecule has 1 unspecified atom stereocenters. The first-order valence-corrected chi connectivity index (χ1v) is 5.22. The van der Waals surface area contributed by atoms with Crippen molar-refractivity contribution in [2.24, 2.45) is 5.92 Å². The second kappa shape index (κ2) is 11.6. The van der Waals surface area contributed by atoms with Gasteiger partial charge in [-0.3, -0.25) is 9.59 Å². The Morgan fingerprint density at radius 1 is 1.28 bits per heavy atom. The van der Waals surface area contributed by atoms with Crippen molar-refractivity contribution in [3.63, 3.8) is 0 Å². The summed E-state index contributed by atoms with van der Waals surface area (Å²) in [6, 6.07) is 0. The predicted molar refractivity (Wildman–Crippen MR) is 62.3 cm³/mol. The van der Waals surface area contributed by atoms with Gasteiger partial charge in [0.25, 0.3) is 0 Å². The van der Waals surface area contributed by atoms with Gasteiger partial charge >= 0.3 is 17.9 Å². The van der Waals surface area contributed by atoms with Crippen molar-refractivity contribution in [1.29, 1.82) is 0 Å². The van der Waals surface area contributed by atoms with Gasteiger partial charge in [0, 0.05) is 19.3 Å². The van der Waals surface area contributed by atoms with E-state index in [-0.39, 0.29) is 12.8 Å². The van der Waals surface area contributed by atoms with E-state index < -0.39 is 23.8 Å². The Labute approximate surface area is 105 Å². The third kappa shape index (κ3) is 14.1. The van der Waals surface area contributed by atoms with E-state index in [1.165, 1.54) is 0 Å². The van der Waals surface area contributed by atoms with Crippen molar-refractivity contribution in [3.8, 4) is 0 Å². The normalized spacial score (nSPS) is 10.7. The van der Waals surface area contributed by atoms with E-state index in [2.05, 4.69) is 6.58 Å². The summed E-state index contributed by atoms with van der Waals surface area (Å²) in [4.78, 5) is 30.0. The molecule has 0 saturated heterocycles. The summed E-state index contributed by atoms with van der Waals surface area (Å²) in [5.74, 6) is -4.00. The summed E-state index contributed by atoms with van der Waals surface area (Å²) in [6.45, 7) is 5.56. The standard InChI is InChI=1S/C8H14O5.C3H4O2/c1-2-13-4-3-6(8(11)12)5-7(9)10;1-2-3(4)5/h6H,2-5H2,1H3,(H,9,10)(H,11,12);2H,1H2,(H,4,5). The molecule has 0 radical (unpaired) electrons. The Morgan fingerprint density at radius 3 is 2.06 bits per heavy atom. The molecule has 18 heavy (non-hydrogen) atoms. The first-order valence-electron chi connectivity index (χ1n) is 5.22. The van der Waals surface area contributed by atoms with Gasteiger partial charge in [-0.25, -0.2) is 4.79 Å². The van der Waals surface area contributed by atoms with Crippen LogP contribution >= 0.6 is 0 Å². The number of rotatable bonds is 8. The van der Waals surface area contributed by atoms with Crippen LogP contribution in [0.25, 0.3) is 0 Å². The highest BCUT2D eigenvalue weighted by atomic mass is 16.5. The first kappa shape index (κ1) is 18.5. The molecule has 0 amide bonds. The van der Waals surface area contributed by atoms with Crippen molar-refractivity contribution in [2.75, 3.05) is 13.2 Å². The molecule has 1 atom stereocenters. The van der Waals surface area contributed by atoms with Gasteiger partial charge in [0.2, 0.25) is 0 Å². The molecule has 0 aliphatic carbocycles. The van der Waals surface area contributed by atoms with Crippen LogP contribution in [-0.2, 0) is 19.1 Å². The molecule has 0 spiro atoms. The van der Waals surface area contributed by atoms with Crippen LogP contribution in [0.5, 0.6) is 0 Å². The fraction of sp³-hybridized carbons (Fsp3) is 0.545. The Morgan fingerprint density at radius 2 is 1.78 bits per heavy atom. The van der Waals surface area contributed by atoms with Crippen LogP contribution < -0.4 is 0 Å². The minimum atomic E-state index is -1.09. The highest BCUT2D eigenvalue weighted by Gasteiger charge is 2.20. The Hall–Kier alpha value is -1.89. The average molecular weight is 262 g/mol. The Kier molecular flexibility index (Phi) is 11.9. The first-order chi connectivity index (χ1) is 8.34. The molecule has 7 heteroatoms. The maximum atomic E-state index is 10.5.